The highest BCUT2D eigenvalue weighted by Crippen LogP contribution is 2.24. The van der Waals surface area contributed by atoms with Crippen molar-refractivity contribution in [3.8, 4) is 0 Å². The Kier molecular flexibility index (Phi) is 11.5. The van der Waals surface area contributed by atoms with Gasteiger partial charge in [0.1, 0.15) is 0 Å². The molecule has 0 spiro atoms. The van der Waals surface area contributed by atoms with Crippen molar-refractivity contribution in [2.75, 3.05) is 20.7 Å². The predicted molar refractivity (Wildman–Crippen MR) is 122 cm³/mol. The van der Waals surface area contributed by atoms with Crippen molar-refractivity contribution in [1.82, 2.24) is 10.2 Å². The molecule has 0 aromatic heterocycles. The van der Waals surface area contributed by atoms with Crippen LogP contribution in [0.5, 0.6) is 0 Å². The van der Waals surface area contributed by atoms with Crippen molar-refractivity contribution < 1.29 is 14.3 Å². The lowest BCUT2D eigenvalue weighted by Crippen LogP contribution is -2.44. The van der Waals surface area contributed by atoms with Crippen LogP contribution in [0, 0.1) is 23.2 Å². The molecule has 0 aromatic carbocycles. The van der Waals surface area contributed by atoms with E-state index in [1.165, 1.54) is 0 Å². The van der Waals surface area contributed by atoms with Gasteiger partial charge in [-0.2, -0.15) is 0 Å². The zero-order valence-electron chi connectivity index (χ0n) is 20.5. The van der Waals surface area contributed by atoms with Gasteiger partial charge in [-0.25, -0.2) is 4.79 Å². The molecule has 0 aliphatic heterocycles. The largest absolute Gasteiger partial charge is 0.463 e. The summed E-state index contributed by atoms with van der Waals surface area (Å²) in [6, 6.07) is -0.00187. The van der Waals surface area contributed by atoms with Gasteiger partial charge >= 0.3 is 5.97 Å². The van der Waals surface area contributed by atoms with Gasteiger partial charge in [0, 0.05) is 18.7 Å². The first kappa shape index (κ1) is 27.4. The molecule has 5 nitrogen and oxygen atoms in total. The number of hydrogen-bond donors (Lipinski definition) is 1. The third kappa shape index (κ3) is 8.73. The second kappa shape index (κ2) is 12.2. The number of nitrogens with one attached hydrogen (secondary N) is 1. The molecule has 0 rings (SSSR count). The normalized spacial score (nSPS) is 16.2. The molecule has 3 atom stereocenters. The molecular formula is C24H44N2O3. The van der Waals surface area contributed by atoms with Crippen molar-refractivity contribution >= 4 is 11.9 Å². The summed E-state index contributed by atoms with van der Waals surface area (Å²) in [6.45, 7) is 18.6. The zero-order valence-corrected chi connectivity index (χ0v) is 20.5. The Labute approximate surface area is 178 Å². The van der Waals surface area contributed by atoms with Crippen LogP contribution >= 0.6 is 0 Å². The van der Waals surface area contributed by atoms with E-state index in [0.29, 0.717) is 12.2 Å². The number of amides is 1. The van der Waals surface area contributed by atoms with E-state index < -0.39 is 0 Å². The van der Waals surface area contributed by atoms with Crippen LogP contribution in [0.15, 0.2) is 23.8 Å². The number of ether oxygens (including phenoxy) is 1. The van der Waals surface area contributed by atoms with Crippen LogP contribution in [0.25, 0.3) is 0 Å². The monoisotopic (exact) mass is 408 g/mol. The Balaban J connectivity index is 5.71. The van der Waals surface area contributed by atoms with Gasteiger partial charge < -0.3 is 15.0 Å². The minimum atomic E-state index is -0.332. The summed E-state index contributed by atoms with van der Waals surface area (Å²) in [4.78, 5) is 27.2. The topological polar surface area (TPSA) is 58.6 Å². The maximum absolute atomic E-state index is 13.4. The molecule has 168 valence electrons. The second-order valence-electron chi connectivity index (χ2n) is 9.54. The molecule has 0 aliphatic rings. The summed E-state index contributed by atoms with van der Waals surface area (Å²) in [5.74, 6) is -0.157. The molecule has 0 radical (unpaired) electrons. The summed E-state index contributed by atoms with van der Waals surface area (Å²) >= 11 is 0. The number of carbonyl (C=O) groups is 2. The van der Waals surface area contributed by atoms with Crippen LogP contribution in [0.3, 0.4) is 0 Å². The Morgan fingerprint density at radius 1 is 1.07 bits per heavy atom. The van der Waals surface area contributed by atoms with Gasteiger partial charge in [0.25, 0.3) is 0 Å². The molecule has 0 aliphatic carbocycles. The van der Waals surface area contributed by atoms with Crippen molar-refractivity contribution in [3.05, 3.63) is 23.8 Å². The van der Waals surface area contributed by atoms with Crippen LogP contribution in [0.4, 0.5) is 0 Å². The molecule has 0 saturated heterocycles. The van der Waals surface area contributed by atoms with Crippen molar-refractivity contribution in [3.63, 3.8) is 0 Å². The number of likely N-dealkylation sites (N-methyl/N-ethyl adjacent to an activating group) is 2. The maximum atomic E-state index is 13.4. The molecular weight excluding hydrogens is 364 g/mol. The summed E-state index contributed by atoms with van der Waals surface area (Å²) in [5.41, 5.74) is 0.589. The van der Waals surface area contributed by atoms with Gasteiger partial charge in [-0.05, 0) is 38.1 Å². The minimum Gasteiger partial charge on any atom is -0.463 e. The average Bonchev–Trinajstić information content (AvgIpc) is 2.60. The van der Waals surface area contributed by atoms with Crippen LogP contribution in [-0.2, 0) is 14.3 Å². The van der Waals surface area contributed by atoms with E-state index in [1.54, 1.807) is 18.7 Å². The molecule has 0 fully saturated rings. The minimum absolute atomic E-state index is 0.0572. The predicted octanol–water partition coefficient (Wildman–Crippen LogP) is 4.44. The van der Waals surface area contributed by atoms with Crippen LogP contribution in [-0.4, -0.2) is 49.6 Å². The Bertz CT molecular complexity index is 585. The van der Waals surface area contributed by atoms with Gasteiger partial charge in [0.05, 0.1) is 18.6 Å². The van der Waals surface area contributed by atoms with Gasteiger partial charge in [0.2, 0.25) is 5.91 Å². The summed E-state index contributed by atoms with van der Waals surface area (Å²) in [7, 11) is 3.76. The fourth-order valence-electron chi connectivity index (χ4n) is 3.34. The summed E-state index contributed by atoms with van der Waals surface area (Å²) < 4.78 is 5.09. The third-order valence-electron chi connectivity index (χ3n) is 5.25. The molecule has 0 saturated carbocycles. The lowest BCUT2D eigenvalue weighted by atomic mass is 9.84. The third-order valence-corrected chi connectivity index (χ3v) is 5.25. The smallest absolute Gasteiger partial charge is 0.333 e. The van der Waals surface area contributed by atoms with E-state index in [1.807, 2.05) is 26.2 Å². The van der Waals surface area contributed by atoms with Crippen molar-refractivity contribution in [2.45, 2.75) is 74.4 Å². The Morgan fingerprint density at radius 3 is 2.00 bits per heavy atom. The van der Waals surface area contributed by atoms with Gasteiger partial charge in [-0.15, -0.1) is 0 Å². The molecule has 5 heteroatoms. The van der Waals surface area contributed by atoms with E-state index in [0.717, 1.165) is 0 Å². The lowest BCUT2D eigenvalue weighted by Gasteiger charge is -2.33. The van der Waals surface area contributed by atoms with E-state index in [-0.39, 0.29) is 47.1 Å². The lowest BCUT2D eigenvalue weighted by molar-refractivity contribution is -0.139. The number of esters is 1. The first-order valence-electron chi connectivity index (χ1n) is 10.8. The quantitative estimate of drug-likeness (QED) is 0.330. The second-order valence-corrected chi connectivity index (χ2v) is 9.54. The highest BCUT2D eigenvalue weighted by Gasteiger charge is 2.29. The van der Waals surface area contributed by atoms with E-state index in [9.17, 15) is 9.59 Å². The fourth-order valence-corrected chi connectivity index (χ4v) is 3.34. The molecule has 1 amide bonds. The molecule has 0 heterocycles. The number of nitrogens with zero attached hydrogens (tertiary/aromatic N) is 1. The average molecular weight is 409 g/mol. The summed E-state index contributed by atoms with van der Waals surface area (Å²) in [6.07, 6.45) is 6.00. The summed E-state index contributed by atoms with van der Waals surface area (Å²) in [5, 5.41) is 3.32. The van der Waals surface area contributed by atoms with Gasteiger partial charge in [0.15, 0.2) is 0 Å². The molecule has 1 unspecified atom stereocenters. The van der Waals surface area contributed by atoms with E-state index >= 15 is 0 Å². The first-order valence-corrected chi connectivity index (χ1v) is 10.8. The van der Waals surface area contributed by atoms with Crippen molar-refractivity contribution in [2.24, 2.45) is 23.2 Å². The van der Waals surface area contributed by atoms with Gasteiger partial charge in [-0.3, -0.25) is 4.79 Å². The van der Waals surface area contributed by atoms with Gasteiger partial charge in [-0.1, -0.05) is 66.7 Å². The van der Waals surface area contributed by atoms with Crippen LogP contribution in [0.2, 0.25) is 0 Å². The van der Waals surface area contributed by atoms with E-state index in [4.69, 9.17) is 4.74 Å². The standard InChI is InChI=1S/C24H44N2O3/c1-12-29-23(28)18(6)15-20(17(4)5)26(11)22(27)19(16(2)3)13-14-21(25-10)24(7,8)9/h13-17,19-21,25H,12H2,1-11H3/b14-13+,18-15+/t19-,20?,21+/m0/s1. The highest BCUT2D eigenvalue weighted by atomic mass is 16.5. The molecule has 0 aromatic rings. The molecule has 0 bridgehead atoms. The fraction of sp³-hybridized carbons (Fsp3) is 0.750. The highest BCUT2D eigenvalue weighted by molar-refractivity contribution is 5.88. The Morgan fingerprint density at radius 2 is 1.62 bits per heavy atom. The maximum Gasteiger partial charge on any atom is 0.333 e. The molecule has 1 N–H and O–H groups in total. The number of rotatable bonds is 10. The van der Waals surface area contributed by atoms with E-state index in [2.05, 4.69) is 59.9 Å². The van der Waals surface area contributed by atoms with Crippen LogP contribution in [0.1, 0.15) is 62.3 Å². The zero-order chi connectivity index (χ0) is 22.9. The van der Waals surface area contributed by atoms with Crippen LogP contribution < -0.4 is 5.32 Å². The molecule has 29 heavy (non-hydrogen) atoms. The Hall–Kier alpha value is -1.62. The van der Waals surface area contributed by atoms with Crippen molar-refractivity contribution in [1.29, 1.82) is 0 Å². The number of carbonyl (C=O) groups excluding carboxylic acids is 2. The first-order chi connectivity index (χ1) is 13.3. The SMILES string of the molecule is CCOC(=O)/C(C)=C/C(C(C)C)N(C)C(=O)[C@@H](/C=C/[C@@H](NC)C(C)(C)C)C(C)C. The number of hydrogen-bond acceptors (Lipinski definition) is 4.